The van der Waals surface area contributed by atoms with E-state index in [1.165, 1.54) is 0 Å². The molecule has 2 aromatic heterocycles. The first-order valence-corrected chi connectivity index (χ1v) is 34.5. The van der Waals surface area contributed by atoms with Crippen LogP contribution in [0.3, 0.4) is 0 Å². The van der Waals surface area contributed by atoms with Crippen LogP contribution in [0.2, 0.25) is 0 Å². The largest absolute Gasteiger partial charge is 0.481 e. The van der Waals surface area contributed by atoms with Crippen LogP contribution in [0.5, 0.6) is 0 Å². The lowest BCUT2D eigenvalue weighted by molar-refractivity contribution is -0.150. The second kappa shape index (κ2) is 29.5. The molecule has 0 radical (unpaired) electrons. The number of hydrogen-bond acceptors (Lipinski definition) is 18. The van der Waals surface area contributed by atoms with Gasteiger partial charge in [-0.05, 0) is 214 Å². The molecule has 6 rings (SSSR count). The topological polar surface area (TPSA) is 237 Å². The predicted molar refractivity (Wildman–Crippen MR) is 364 cm³/mol. The highest BCUT2D eigenvalue weighted by atomic mass is 16.4. The van der Waals surface area contributed by atoms with Crippen LogP contribution in [0, 0.1) is 5.41 Å². The molecule has 4 fully saturated rings. The number of nitrogens with one attached hydrogen (secondary N) is 6. The summed E-state index contributed by atoms with van der Waals surface area (Å²) in [5.74, 6) is 1.47. The Hall–Kier alpha value is -4.40. The molecule has 4 saturated heterocycles. The lowest BCUT2D eigenvalue weighted by Crippen LogP contribution is -2.63. The third kappa shape index (κ3) is 21.1. The minimum Gasteiger partial charge on any atom is -0.481 e. The SMILES string of the molecule is CCCCN(c1nc(NCCC(CCCC(=O)O)(CCNc2nc(N(CCCC)C3CC(C)(C)NC(C)(C)C3)nc(N(CCCC)C3CC(C)(C)NC(C)(C)C3)n2)C(=O)O)nc(N(CCCC)C2CC(C)(C)NC(C)(C)C2)n1)C1CC(C)(C)NC(C)(C)C1. The number of hydrogen-bond donors (Lipinski definition) is 8. The van der Waals surface area contributed by atoms with Gasteiger partial charge in [0.25, 0.3) is 0 Å². The van der Waals surface area contributed by atoms with Gasteiger partial charge in [0, 0.05) is 114 Å². The molecule has 0 amide bonds. The predicted octanol–water partition coefficient (Wildman–Crippen LogP) is 12.3. The van der Waals surface area contributed by atoms with Gasteiger partial charge in [0.1, 0.15) is 0 Å². The van der Waals surface area contributed by atoms with Crippen LogP contribution in [0.15, 0.2) is 0 Å². The number of anilines is 6. The van der Waals surface area contributed by atoms with E-state index < -0.39 is 17.4 Å². The summed E-state index contributed by atoms with van der Waals surface area (Å²) in [7, 11) is 0. The van der Waals surface area contributed by atoms with Crippen molar-refractivity contribution >= 4 is 47.6 Å². The maximum Gasteiger partial charge on any atom is 0.309 e. The lowest BCUT2D eigenvalue weighted by Gasteiger charge is -2.50. The second-order valence-electron chi connectivity index (χ2n) is 32.7. The molecule has 0 bridgehead atoms. The number of aromatic nitrogens is 6. The fraction of sp³-hybridized carbons (Fsp3) is 0.882. The molecule has 8 N–H and O–H groups in total. The van der Waals surface area contributed by atoms with Gasteiger partial charge >= 0.3 is 11.9 Å². The van der Waals surface area contributed by atoms with Gasteiger partial charge < -0.3 is 61.7 Å². The summed E-state index contributed by atoms with van der Waals surface area (Å²) in [4.78, 5) is 68.3. The molecule has 20 nitrogen and oxygen atoms in total. The average Bonchev–Trinajstić information content (AvgIpc) is 1.87. The quantitative estimate of drug-likeness (QED) is 0.0332. The summed E-state index contributed by atoms with van der Waals surface area (Å²) in [6, 6.07) is 0.634. The maximum atomic E-state index is 14.1. The van der Waals surface area contributed by atoms with Crippen LogP contribution >= 0.6 is 0 Å². The highest BCUT2D eigenvalue weighted by Gasteiger charge is 2.46. The van der Waals surface area contributed by atoms with Crippen LogP contribution in [0.25, 0.3) is 0 Å². The Morgan fingerprint density at radius 2 is 0.648 bits per heavy atom. The van der Waals surface area contributed by atoms with Crippen molar-refractivity contribution in [2.24, 2.45) is 5.41 Å². The Labute approximate surface area is 533 Å². The first kappa shape index (κ1) is 72.7. The van der Waals surface area contributed by atoms with Crippen LogP contribution < -0.4 is 51.5 Å². The molecule has 88 heavy (non-hydrogen) atoms. The van der Waals surface area contributed by atoms with Gasteiger partial charge in [0.15, 0.2) is 0 Å². The van der Waals surface area contributed by atoms with Crippen LogP contribution in [0.4, 0.5) is 35.7 Å². The zero-order chi connectivity index (χ0) is 65.3. The van der Waals surface area contributed by atoms with Crippen LogP contribution in [-0.4, -0.2) is 160 Å². The zero-order valence-electron chi connectivity index (χ0n) is 59.1. The van der Waals surface area contributed by atoms with Gasteiger partial charge in [0.05, 0.1) is 5.41 Å². The normalized spacial score (nSPS) is 21.5. The van der Waals surface area contributed by atoms with Gasteiger partial charge in [-0.2, -0.15) is 29.9 Å². The van der Waals surface area contributed by atoms with Crippen molar-refractivity contribution in [2.45, 2.75) is 342 Å². The summed E-state index contributed by atoms with van der Waals surface area (Å²) >= 11 is 0. The smallest absolute Gasteiger partial charge is 0.309 e. The zero-order valence-corrected chi connectivity index (χ0v) is 59.1. The maximum absolute atomic E-state index is 14.1. The number of aliphatic carboxylic acids is 2. The third-order valence-electron chi connectivity index (χ3n) is 19.0. The van der Waals surface area contributed by atoms with Crippen molar-refractivity contribution in [2.75, 3.05) is 69.5 Å². The molecular formula is C68H126N16O4. The van der Waals surface area contributed by atoms with Crippen molar-refractivity contribution in [3.8, 4) is 0 Å². The molecule has 502 valence electrons. The molecule has 0 spiro atoms. The minimum absolute atomic E-state index is 0.121. The number of carboxylic acids is 2. The molecule has 20 heteroatoms. The Kier molecular flexibility index (Phi) is 24.3. The van der Waals surface area contributed by atoms with Gasteiger partial charge in [0.2, 0.25) is 35.7 Å². The molecule has 2 aromatic rings. The van der Waals surface area contributed by atoms with Gasteiger partial charge in [-0.15, -0.1) is 0 Å². The number of rotatable bonds is 33. The van der Waals surface area contributed by atoms with E-state index in [2.05, 4.69) is 190 Å². The Morgan fingerprint density at radius 3 is 0.852 bits per heavy atom. The Bertz CT molecular complexity index is 2210. The van der Waals surface area contributed by atoms with Gasteiger partial charge in [-0.25, -0.2) is 0 Å². The Balaban J connectivity index is 1.41. The van der Waals surface area contributed by atoms with E-state index in [1.54, 1.807) is 0 Å². The fourth-order valence-electron chi connectivity index (χ4n) is 16.5. The lowest BCUT2D eigenvalue weighted by atomic mass is 9.76. The summed E-state index contributed by atoms with van der Waals surface area (Å²) in [5, 5.41) is 44.3. The molecule has 0 atom stereocenters. The summed E-state index contributed by atoms with van der Waals surface area (Å²) in [6.07, 6.45) is 15.9. The molecule has 0 aliphatic carbocycles. The van der Waals surface area contributed by atoms with E-state index in [4.69, 9.17) is 29.9 Å². The van der Waals surface area contributed by atoms with Crippen LogP contribution in [0.1, 0.15) is 273 Å². The number of carbonyl (C=O) groups is 2. The van der Waals surface area contributed by atoms with Crippen molar-refractivity contribution in [3.05, 3.63) is 0 Å². The Morgan fingerprint density at radius 1 is 0.409 bits per heavy atom. The van der Waals surface area contributed by atoms with Crippen molar-refractivity contribution in [1.29, 1.82) is 0 Å². The van der Waals surface area contributed by atoms with Crippen molar-refractivity contribution < 1.29 is 19.8 Å². The molecular weight excluding hydrogens is 1100 g/mol. The van der Waals surface area contributed by atoms with E-state index in [0.29, 0.717) is 35.7 Å². The minimum atomic E-state index is -1.33. The molecule has 0 unspecified atom stereocenters. The first-order chi connectivity index (χ1) is 40.8. The third-order valence-corrected chi connectivity index (χ3v) is 19.0. The monoisotopic (exact) mass is 1230 g/mol. The standard InChI is InChI=1S/C68H126N16O4/c1-21-25-36-81(48-40-60(5,6)77-61(7,8)41-48)56-71-54(72-57(75-56)82(37-26-22-2)49-42-62(9,10)78-63(11,12)43-49)69-34-32-68(53(87)88,31-29-30-52(85)86)33-35-70-55-73-58(83(38-27-23-3)50-44-64(13,14)79-65(15,16)45-50)76-59(74-55)84(39-28-24-4)51-46-66(17,18)80-67(19,20)47-51/h48-51,77-80H,21-47H2,1-20H3,(H,85,86)(H,87,88)(H,69,71,72,75)(H,70,73,74,76). The highest BCUT2D eigenvalue weighted by molar-refractivity contribution is 5.75. The van der Waals surface area contributed by atoms with E-state index in [-0.39, 0.29) is 114 Å². The first-order valence-electron chi connectivity index (χ1n) is 34.5. The second-order valence-corrected chi connectivity index (χ2v) is 32.7. The van der Waals surface area contributed by atoms with Gasteiger partial charge in [-0.3, -0.25) is 9.59 Å². The number of nitrogens with zero attached hydrogens (tertiary/aromatic N) is 10. The van der Waals surface area contributed by atoms with E-state index in [0.717, 1.165) is 129 Å². The van der Waals surface area contributed by atoms with E-state index in [1.807, 2.05) is 0 Å². The number of unbranched alkanes of at least 4 members (excludes halogenated alkanes) is 4. The van der Waals surface area contributed by atoms with Gasteiger partial charge in [-0.1, -0.05) is 53.4 Å². The van der Waals surface area contributed by atoms with Crippen LogP contribution in [-0.2, 0) is 9.59 Å². The molecule has 6 heterocycles. The molecule has 4 aliphatic heterocycles. The van der Waals surface area contributed by atoms with Crippen molar-refractivity contribution in [3.63, 3.8) is 0 Å². The van der Waals surface area contributed by atoms with E-state index in [9.17, 15) is 19.8 Å². The molecule has 0 aromatic carbocycles. The number of piperidine rings is 4. The summed E-state index contributed by atoms with van der Waals surface area (Å²) < 4.78 is 0. The van der Waals surface area contributed by atoms with Crippen molar-refractivity contribution in [1.82, 2.24) is 51.2 Å². The average molecular weight is 1230 g/mol. The molecule has 4 aliphatic rings. The summed E-state index contributed by atoms with van der Waals surface area (Å²) in [6.45, 7) is 49.1. The summed E-state index contributed by atoms with van der Waals surface area (Å²) in [5.41, 5.74) is -2.29. The van der Waals surface area contributed by atoms with E-state index >= 15 is 0 Å². The number of carboxylic acid groups (broad SMARTS) is 2. The highest BCUT2D eigenvalue weighted by Crippen LogP contribution is 2.40. The fourth-order valence-corrected chi connectivity index (χ4v) is 16.5. The molecule has 0 saturated carbocycles.